The maximum Gasteiger partial charge on any atom is 0.287 e. The van der Waals surface area contributed by atoms with Crippen LogP contribution in [0.3, 0.4) is 0 Å². The fourth-order valence-corrected chi connectivity index (χ4v) is 1.74. The van der Waals surface area contributed by atoms with Crippen LogP contribution in [0.5, 0.6) is 5.88 Å². The molecule has 0 bridgehead atoms. The first-order chi connectivity index (χ1) is 10.7. The molecule has 0 amide bonds. The van der Waals surface area contributed by atoms with Crippen LogP contribution in [-0.4, -0.2) is 26.5 Å². The van der Waals surface area contributed by atoms with Crippen molar-refractivity contribution in [3.63, 3.8) is 0 Å². The third-order valence-electron chi connectivity index (χ3n) is 2.71. The lowest BCUT2D eigenvalue weighted by Gasteiger charge is -2.07. The second-order valence-electron chi connectivity index (χ2n) is 3.99. The molecule has 1 aliphatic heterocycles. The van der Waals surface area contributed by atoms with E-state index < -0.39 is 4.92 Å². The molecule has 0 saturated carbocycles. The molecule has 2 aromatic heterocycles. The van der Waals surface area contributed by atoms with Crippen LogP contribution in [0.2, 0.25) is 0 Å². The number of aromatic nitrogens is 3. The average molecular weight is 302 g/mol. The lowest BCUT2D eigenvalue weighted by Crippen LogP contribution is -2.03. The summed E-state index contributed by atoms with van der Waals surface area (Å²) in [5, 5.41) is 16.6. The molecular weight excluding hydrogens is 288 g/mol. The molecule has 1 aliphatic rings. The van der Waals surface area contributed by atoms with Crippen LogP contribution in [0.25, 0.3) is 0 Å². The molecule has 0 unspecified atom stereocenters. The van der Waals surface area contributed by atoms with Crippen LogP contribution in [0, 0.1) is 10.1 Å². The number of hydrogen-bond donors (Lipinski definition) is 2. The summed E-state index contributed by atoms with van der Waals surface area (Å²) in [5.41, 5.74) is 1.23. The monoisotopic (exact) mass is 302 g/mol. The van der Waals surface area contributed by atoms with Gasteiger partial charge < -0.3 is 15.4 Å². The van der Waals surface area contributed by atoms with Crippen LogP contribution in [-0.2, 0) is 6.61 Å². The van der Waals surface area contributed by atoms with Gasteiger partial charge in [-0.05, 0) is 6.07 Å². The SMILES string of the molecule is C=C.O=[N+]([O-])c1ccc(COc2ncnc3c2NCN3)nc1. The van der Waals surface area contributed by atoms with Gasteiger partial charge in [0.05, 0.1) is 17.3 Å². The Kier molecular flexibility index (Phi) is 4.81. The second-order valence-corrected chi connectivity index (χ2v) is 3.99. The second kappa shape index (κ2) is 6.97. The summed E-state index contributed by atoms with van der Waals surface area (Å²) in [6.45, 7) is 6.74. The average Bonchev–Trinajstić information content (AvgIpc) is 3.04. The summed E-state index contributed by atoms with van der Waals surface area (Å²) in [4.78, 5) is 22.1. The number of ether oxygens (including phenoxy) is 1. The maximum absolute atomic E-state index is 10.5. The summed E-state index contributed by atoms with van der Waals surface area (Å²) in [6.07, 6.45) is 2.60. The Bertz CT molecular complexity index is 661. The van der Waals surface area contributed by atoms with Crippen molar-refractivity contribution >= 4 is 17.2 Å². The molecule has 3 heterocycles. The minimum atomic E-state index is -0.496. The molecule has 0 aromatic carbocycles. The van der Waals surface area contributed by atoms with Crippen molar-refractivity contribution in [2.45, 2.75) is 6.61 Å². The molecule has 2 aromatic rings. The fourth-order valence-electron chi connectivity index (χ4n) is 1.74. The van der Waals surface area contributed by atoms with Gasteiger partial charge in [0.15, 0.2) is 5.82 Å². The predicted octanol–water partition coefficient (Wildman–Crippen LogP) is 1.96. The Morgan fingerprint density at radius 2 is 2.09 bits per heavy atom. The van der Waals surface area contributed by atoms with Crippen molar-refractivity contribution in [3.05, 3.63) is 53.6 Å². The van der Waals surface area contributed by atoms with Crippen LogP contribution in [0.15, 0.2) is 37.8 Å². The van der Waals surface area contributed by atoms with E-state index in [0.717, 1.165) is 0 Å². The highest BCUT2D eigenvalue weighted by atomic mass is 16.6. The highest BCUT2D eigenvalue weighted by Crippen LogP contribution is 2.31. The van der Waals surface area contributed by atoms with E-state index in [-0.39, 0.29) is 12.3 Å². The number of fused-ring (bicyclic) bond motifs is 1. The minimum absolute atomic E-state index is 0.0532. The molecule has 22 heavy (non-hydrogen) atoms. The summed E-state index contributed by atoms with van der Waals surface area (Å²) in [5.74, 6) is 1.10. The zero-order chi connectivity index (χ0) is 15.9. The van der Waals surface area contributed by atoms with E-state index in [0.29, 0.717) is 29.7 Å². The summed E-state index contributed by atoms with van der Waals surface area (Å²) in [7, 11) is 0. The van der Waals surface area contributed by atoms with Crippen molar-refractivity contribution < 1.29 is 9.66 Å². The minimum Gasteiger partial charge on any atom is -0.470 e. The molecule has 114 valence electrons. The van der Waals surface area contributed by atoms with E-state index in [1.807, 2.05) is 0 Å². The highest BCUT2D eigenvalue weighted by molar-refractivity contribution is 5.73. The molecule has 0 saturated heterocycles. The van der Waals surface area contributed by atoms with Gasteiger partial charge in [0.1, 0.15) is 24.8 Å². The Morgan fingerprint density at radius 3 is 2.77 bits per heavy atom. The Labute approximate surface area is 126 Å². The van der Waals surface area contributed by atoms with Gasteiger partial charge in [-0.3, -0.25) is 15.1 Å². The van der Waals surface area contributed by atoms with Gasteiger partial charge in [-0.25, -0.2) is 4.98 Å². The number of nitrogens with one attached hydrogen (secondary N) is 2. The van der Waals surface area contributed by atoms with Crippen molar-refractivity contribution in [2.24, 2.45) is 0 Å². The van der Waals surface area contributed by atoms with Gasteiger partial charge in [0.25, 0.3) is 5.69 Å². The number of anilines is 2. The smallest absolute Gasteiger partial charge is 0.287 e. The molecule has 2 N–H and O–H groups in total. The van der Waals surface area contributed by atoms with E-state index in [4.69, 9.17) is 4.74 Å². The Balaban J connectivity index is 0.000000847. The number of nitro groups is 1. The lowest BCUT2D eigenvalue weighted by molar-refractivity contribution is -0.385. The Hall–Kier alpha value is -3.23. The maximum atomic E-state index is 10.5. The summed E-state index contributed by atoms with van der Waals surface area (Å²) < 4.78 is 5.55. The molecule has 9 nitrogen and oxygen atoms in total. The molecule has 0 radical (unpaired) electrons. The highest BCUT2D eigenvalue weighted by Gasteiger charge is 2.17. The van der Waals surface area contributed by atoms with Gasteiger partial charge in [0.2, 0.25) is 5.88 Å². The third kappa shape index (κ3) is 3.26. The summed E-state index contributed by atoms with van der Waals surface area (Å²) in [6, 6.07) is 2.93. The largest absolute Gasteiger partial charge is 0.470 e. The van der Waals surface area contributed by atoms with E-state index in [1.54, 1.807) is 6.07 Å². The molecule has 0 spiro atoms. The van der Waals surface area contributed by atoms with Gasteiger partial charge in [-0.15, -0.1) is 13.2 Å². The van der Waals surface area contributed by atoms with Crippen molar-refractivity contribution in [1.29, 1.82) is 0 Å². The predicted molar refractivity (Wildman–Crippen MR) is 80.6 cm³/mol. The first-order valence-corrected chi connectivity index (χ1v) is 6.29. The van der Waals surface area contributed by atoms with E-state index >= 15 is 0 Å². The van der Waals surface area contributed by atoms with E-state index in [9.17, 15) is 10.1 Å². The van der Waals surface area contributed by atoms with Gasteiger partial charge >= 0.3 is 0 Å². The zero-order valence-corrected chi connectivity index (χ0v) is 11.7. The van der Waals surface area contributed by atoms with E-state index in [1.165, 1.54) is 18.6 Å². The fraction of sp³-hybridized carbons (Fsp3) is 0.154. The van der Waals surface area contributed by atoms with Gasteiger partial charge in [0, 0.05) is 6.07 Å². The molecule has 3 rings (SSSR count). The van der Waals surface area contributed by atoms with Gasteiger partial charge in [-0.1, -0.05) is 0 Å². The lowest BCUT2D eigenvalue weighted by atomic mass is 10.3. The van der Waals surface area contributed by atoms with E-state index in [2.05, 4.69) is 38.7 Å². The van der Waals surface area contributed by atoms with Crippen LogP contribution >= 0.6 is 0 Å². The van der Waals surface area contributed by atoms with Crippen LogP contribution < -0.4 is 15.4 Å². The number of hydrogen-bond acceptors (Lipinski definition) is 8. The number of pyridine rings is 1. The molecular formula is C13H14N6O3. The molecule has 0 fully saturated rings. The normalized spacial score (nSPS) is 11.3. The standard InChI is InChI=1S/C11H10N6O3.C2H4/c18-17(19)8-2-1-7(12-3-8)4-20-11-9-10(14-5-13-9)15-6-16-11;1-2/h1-3,6,13H,4-5H2,(H,14,15,16);1-2H2. The topological polar surface area (TPSA) is 115 Å². The molecule has 0 aliphatic carbocycles. The number of nitrogens with zero attached hydrogens (tertiary/aromatic N) is 4. The quantitative estimate of drug-likeness (QED) is 0.500. The van der Waals surface area contributed by atoms with Crippen LogP contribution in [0.1, 0.15) is 5.69 Å². The zero-order valence-electron chi connectivity index (χ0n) is 11.7. The molecule has 9 heteroatoms. The van der Waals surface area contributed by atoms with Crippen molar-refractivity contribution in [2.75, 3.05) is 17.3 Å². The van der Waals surface area contributed by atoms with Crippen LogP contribution in [0.4, 0.5) is 17.2 Å². The number of rotatable bonds is 4. The first kappa shape index (κ1) is 15.2. The third-order valence-corrected chi connectivity index (χ3v) is 2.71. The summed E-state index contributed by atoms with van der Waals surface area (Å²) >= 11 is 0. The first-order valence-electron chi connectivity index (χ1n) is 6.29. The van der Waals surface area contributed by atoms with Gasteiger partial charge in [-0.2, -0.15) is 4.98 Å². The molecule has 0 atom stereocenters. The van der Waals surface area contributed by atoms with Crippen molar-refractivity contribution in [1.82, 2.24) is 15.0 Å². The van der Waals surface area contributed by atoms with Crippen molar-refractivity contribution in [3.8, 4) is 5.88 Å². The Morgan fingerprint density at radius 1 is 1.27 bits per heavy atom.